The first-order valence-corrected chi connectivity index (χ1v) is 10.2. The largest absolute Gasteiger partial charge is 0.494 e. The summed E-state index contributed by atoms with van der Waals surface area (Å²) in [6.07, 6.45) is 5.06. The van der Waals surface area contributed by atoms with Gasteiger partial charge < -0.3 is 19.8 Å². The minimum absolute atomic E-state index is 0.0742. The van der Waals surface area contributed by atoms with Gasteiger partial charge in [0.25, 0.3) is 0 Å². The summed E-state index contributed by atoms with van der Waals surface area (Å²) < 4.78 is 24.1. The van der Waals surface area contributed by atoms with E-state index in [1.807, 2.05) is 25.1 Å². The molecule has 0 spiro atoms. The molecular formula is C22H30FN3O3. The molecule has 0 radical (unpaired) electrons. The molecule has 158 valence electrons. The molecule has 2 N–H and O–H groups in total. The third kappa shape index (κ3) is 6.49. The van der Waals surface area contributed by atoms with Gasteiger partial charge in [-0.15, -0.1) is 0 Å². The number of halogens is 1. The molecule has 0 bridgehead atoms. The molecule has 0 saturated carbocycles. The van der Waals surface area contributed by atoms with Gasteiger partial charge in [-0.3, -0.25) is 4.90 Å². The summed E-state index contributed by atoms with van der Waals surface area (Å²) in [5.41, 5.74) is 0.929. The fourth-order valence-corrected chi connectivity index (χ4v) is 3.64. The van der Waals surface area contributed by atoms with Gasteiger partial charge in [-0.1, -0.05) is 6.07 Å². The Morgan fingerprint density at radius 3 is 2.79 bits per heavy atom. The lowest BCUT2D eigenvalue weighted by Crippen LogP contribution is -2.49. The van der Waals surface area contributed by atoms with Crippen LogP contribution < -0.4 is 15.4 Å². The van der Waals surface area contributed by atoms with Crippen LogP contribution in [0.5, 0.6) is 5.75 Å². The number of urea groups is 1. The molecule has 2 aromatic rings. The van der Waals surface area contributed by atoms with E-state index < -0.39 is 0 Å². The molecule has 1 aromatic carbocycles. The zero-order valence-electron chi connectivity index (χ0n) is 17.1. The maximum Gasteiger partial charge on any atom is 0.315 e. The predicted octanol–water partition coefficient (Wildman–Crippen LogP) is 3.71. The second-order valence-electron chi connectivity index (χ2n) is 7.66. The highest BCUT2D eigenvalue weighted by Gasteiger charge is 2.21. The van der Waals surface area contributed by atoms with Crippen molar-refractivity contribution in [2.24, 2.45) is 0 Å². The number of nitrogens with zero attached hydrogens (tertiary/aromatic N) is 1. The van der Waals surface area contributed by atoms with E-state index in [0.29, 0.717) is 6.54 Å². The van der Waals surface area contributed by atoms with Crippen molar-refractivity contribution in [1.82, 2.24) is 15.5 Å². The molecule has 0 aliphatic carbocycles. The van der Waals surface area contributed by atoms with E-state index >= 15 is 0 Å². The first-order chi connectivity index (χ1) is 14.0. The van der Waals surface area contributed by atoms with Gasteiger partial charge in [-0.25, -0.2) is 9.18 Å². The molecule has 1 saturated heterocycles. The van der Waals surface area contributed by atoms with Gasteiger partial charge >= 0.3 is 6.03 Å². The van der Waals surface area contributed by atoms with E-state index in [9.17, 15) is 9.18 Å². The maximum absolute atomic E-state index is 13.8. The number of likely N-dealkylation sites (tertiary alicyclic amines) is 1. The Morgan fingerprint density at radius 2 is 2.14 bits per heavy atom. The molecule has 1 fully saturated rings. The Hall–Kier alpha value is -2.54. The lowest BCUT2D eigenvalue weighted by atomic mass is 10.0. The Labute approximate surface area is 171 Å². The number of carbonyl (C=O) groups excluding carboxylic acids is 1. The Kier molecular flexibility index (Phi) is 7.52. The summed E-state index contributed by atoms with van der Waals surface area (Å²) in [4.78, 5) is 14.5. The number of aryl methyl sites for hydroxylation is 1. The first kappa shape index (κ1) is 21.2. The average Bonchev–Trinajstić information content (AvgIpc) is 3.22. The molecule has 1 aromatic heterocycles. The normalized spacial score (nSPS) is 16.4. The van der Waals surface area contributed by atoms with Gasteiger partial charge in [0.1, 0.15) is 5.76 Å². The number of furan rings is 1. The van der Waals surface area contributed by atoms with Crippen LogP contribution in [0, 0.1) is 5.82 Å². The molecule has 1 atom stereocenters. The standard InChI is InChI=1S/C22H30FN3O3/c1-16(5-7-19-4-3-13-29-19)24-22(27)25-18-9-11-26(12-10-18)15-17-6-8-21(28-2)20(23)14-17/h3-4,6,8,13-14,16,18H,5,7,9-12,15H2,1-2H3,(H2,24,25,27). The highest BCUT2D eigenvalue weighted by atomic mass is 19.1. The van der Waals surface area contributed by atoms with E-state index in [4.69, 9.17) is 9.15 Å². The third-order valence-corrected chi connectivity index (χ3v) is 5.33. The van der Waals surface area contributed by atoms with E-state index in [0.717, 1.165) is 50.1 Å². The lowest BCUT2D eigenvalue weighted by Gasteiger charge is -2.32. The summed E-state index contributed by atoms with van der Waals surface area (Å²) in [5.74, 6) is 0.864. The number of methoxy groups -OCH3 is 1. The maximum atomic E-state index is 13.8. The van der Waals surface area contributed by atoms with Gasteiger partial charge in [-0.05, 0) is 56.0 Å². The van der Waals surface area contributed by atoms with Crippen LogP contribution in [0.1, 0.15) is 37.5 Å². The van der Waals surface area contributed by atoms with Gasteiger partial charge in [0.2, 0.25) is 0 Å². The molecule has 3 rings (SSSR count). The van der Waals surface area contributed by atoms with Crippen molar-refractivity contribution in [3.05, 3.63) is 53.7 Å². The second-order valence-corrected chi connectivity index (χ2v) is 7.66. The molecule has 6 nitrogen and oxygen atoms in total. The quantitative estimate of drug-likeness (QED) is 0.705. The van der Waals surface area contributed by atoms with E-state index in [1.165, 1.54) is 13.2 Å². The van der Waals surface area contributed by atoms with Crippen LogP contribution in [-0.4, -0.2) is 43.2 Å². The van der Waals surface area contributed by atoms with Crippen molar-refractivity contribution in [2.75, 3.05) is 20.2 Å². The summed E-state index contributed by atoms with van der Waals surface area (Å²) in [6, 6.07) is 9.02. The Balaban J connectivity index is 1.35. The minimum Gasteiger partial charge on any atom is -0.494 e. The molecule has 1 aliphatic heterocycles. The fourth-order valence-electron chi connectivity index (χ4n) is 3.64. The topological polar surface area (TPSA) is 66.7 Å². The molecule has 1 aliphatic rings. The van der Waals surface area contributed by atoms with Crippen LogP contribution >= 0.6 is 0 Å². The molecule has 2 heterocycles. The van der Waals surface area contributed by atoms with Crippen LogP contribution in [0.2, 0.25) is 0 Å². The number of benzene rings is 1. The monoisotopic (exact) mass is 403 g/mol. The number of hydrogen-bond donors (Lipinski definition) is 2. The lowest BCUT2D eigenvalue weighted by molar-refractivity contribution is 0.185. The zero-order chi connectivity index (χ0) is 20.6. The van der Waals surface area contributed by atoms with Gasteiger partial charge in [0.15, 0.2) is 11.6 Å². The molecular weight excluding hydrogens is 373 g/mol. The Bertz CT molecular complexity index is 774. The highest BCUT2D eigenvalue weighted by molar-refractivity contribution is 5.74. The number of carbonyl (C=O) groups is 1. The smallest absolute Gasteiger partial charge is 0.315 e. The number of ether oxygens (including phenoxy) is 1. The number of rotatable bonds is 8. The summed E-state index contributed by atoms with van der Waals surface area (Å²) >= 11 is 0. The summed E-state index contributed by atoms with van der Waals surface area (Å²) in [7, 11) is 1.46. The molecule has 2 amide bonds. The number of amides is 2. The SMILES string of the molecule is COc1ccc(CN2CCC(NC(=O)NC(C)CCc3ccco3)CC2)cc1F. The van der Waals surface area contributed by atoms with Gasteiger partial charge in [-0.2, -0.15) is 0 Å². The van der Waals surface area contributed by atoms with Crippen LogP contribution in [0.25, 0.3) is 0 Å². The average molecular weight is 403 g/mol. The first-order valence-electron chi connectivity index (χ1n) is 10.2. The van der Waals surface area contributed by atoms with E-state index in [-0.39, 0.29) is 29.7 Å². The number of piperidine rings is 1. The van der Waals surface area contributed by atoms with Crippen molar-refractivity contribution in [1.29, 1.82) is 0 Å². The van der Waals surface area contributed by atoms with Crippen LogP contribution in [-0.2, 0) is 13.0 Å². The number of hydrogen-bond acceptors (Lipinski definition) is 4. The van der Waals surface area contributed by atoms with Crippen LogP contribution in [0.15, 0.2) is 41.0 Å². The van der Waals surface area contributed by atoms with Crippen LogP contribution in [0.4, 0.5) is 9.18 Å². The summed E-state index contributed by atoms with van der Waals surface area (Å²) in [5, 5.41) is 6.07. The molecule has 1 unspecified atom stereocenters. The van der Waals surface area contributed by atoms with E-state index in [2.05, 4.69) is 15.5 Å². The van der Waals surface area contributed by atoms with Crippen molar-refractivity contribution >= 4 is 6.03 Å². The molecule has 29 heavy (non-hydrogen) atoms. The Morgan fingerprint density at radius 1 is 1.34 bits per heavy atom. The number of nitrogens with one attached hydrogen (secondary N) is 2. The van der Waals surface area contributed by atoms with Crippen molar-refractivity contribution < 1.29 is 18.3 Å². The highest BCUT2D eigenvalue weighted by Crippen LogP contribution is 2.20. The van der Waals surface area contributed by atoms with Gasteiger partial charge in [0.05, 0.1) is 13.4 Å². The van der Waals surface area contributed by atoms with Crippen molar-refractivity contribution in [3.63, 3.8) is 0 Å². The van der Waals surface area contributed by atoms with Crippen molar-refractivity contribution in [2.45, 2.75) is 51.2 Å². The van der Waals surface area contributed by atoms with Crippen molar-refractivity contribution in [3.8, 4) is 5.75 Å². The van der Waals surface area contributed by atoms with E-state index in [1.54, 1.807) is 12.3 Å². The fraction of sp³-hybridized carbons (Fsp3) is 0.500. The van der Waals surface area contributed by atoms with Crippen LogP contribution in [0.3, 0.4) is 0 Å². The minimum atomic E-state index is -0.334. The second kappa shape index (κ2) is 10.3. The molecule has 7 heteroatoms. The van der Waals surface area contributed by atoms with Gasteiger partial charge in [0, 0.05) is 38.1 Å². The zero-order valence-corrected chi connectivity index (χ0v) is 17.1. The predicted molar refractivity (Wildman–Crippen MR) is 109 cm³/mol. The third-order valence-electron chi connectivity index (χ3n) is 5.33. The summed E-state index contributed by atoms with van der Waals surface area (Å²) in [6.45, 7) is 4.43.